The molecule has 0 bridgehead atoms. The van der Waals surface area contributed by atoms with Crippen LogP contribution in [0.4, 0.5) is 10.6 Å². The van der Waals surface area contributed by atoms with Crippen molar-refractivity contribution in [2.24, 2.45) is 0 Å². The Morgan fingerprint density at radius 1 is 1.17 bits per heavy atom. The van der Waals surface area contributed by atoms with Crippen LogP contribution >= 0.6 is 0 Å². The molecule has 1 atom stereocenters. The average Bonchev–Trinajstić information content (AvgIpc) is 3.27. The summed E-state index contributed by atoms with van der Waals surface area (Å²) in [5, 5.41) is 3.47. The highest BCUT2D eigenvalue weighted by Crippen LogP contribution is 2.37. The number of ether oxygens (including phenoxy) is 1. The number of amides is 2. The van der Waals surface area contributed by atoms with Crippen LogP contribution in [0.15, 0.2) is 24.4 Å². The van der Waals surface area contributed by atoms with Crippen molar-refractivity contribution in [3.8, 4) is 0 Å². The van der Waals surface area contributed by atoms with Crippen LogP contribution in [0.1, 0.15) is 32.1 Å². The number of rotatable bonds is 2. The zero-order valence-corrected chi connectivity index (χ0v) is 14.1. The van der Waals surface area contributed by atoms with Crippen LogP contribution in [-0.2, 0) is 4.74 Å². The molecule has 3 aliphatic rings. The number of carbonyl (C=O) groups is 1. The van der Waals surface area contributed by atoms with Crippen molar-refractivity contribution in [3.05, 3.63) is 24.4 Å². The van der Waals surface area contributed by atoms with Gasteiger partial charge in [0.1, 0.15) is 5.82 Å². The van der Waals surface area contributed by atoms with Gasteiger partial charge in [-0.15, -0.1) is 0 Å². The van der Waals surface area contributed by atoms with Crippen LogP contribution in [0.25, 0.3) is 0 Å². The normalized spacial score (nSPS) is 26.1. The number of carbonyl (C=O) groups excluding carboxylic acids is 1. The molecule has 0 aliphatic carbocycles. The standard InChI is InChI=1S/C18H26N4O2/c23-17(21-9-3-4-10-21)22-11-6-18(7-12-22)13-15(14-24-18)20-16-5-1-2-8-19-16/h1-2,5,8,15H,3-4,6-7,9-14H2,(H,19,20). The van der Waals surface area contributed by atoms with Crippen LogP contribution in [0.5, 0.6) is 0 Å². The van der Waals surface area contributed by atoms with E-state index in [2.05, 4.69) is 10.3 Å². The molecule has 3 fully saturated rings. The molecule has 1 N–H and O–H groups in total. The molecule has 0 aromatic carbocycles. The van der Waals surface area contributed by atoms with Crippen molar-refractivity contribution < 1.29 is 9.53 Å². The van der Waals surface area contributed by atoms with Gasteiger partial charge in [0.25, 0.3) is 0 Å². The van der Waals surface area contributed by atoms with E-state index in [1.54, 1.807) is 6.20 Å². The van der Waals surface area contributed by atoms with Crippen LogP contribution in [0.3, 0.4) is 0 Å². The number of aromatic nitrogens is 1. The lowest BCUT2D eigenvalue weighted by Crippen LogP contribution is -2.50. The third-order valence-electron chi connectivity index (χ3n) is 5.55. The third kappa shape index (κ3) is 3.20. The van der Waals surface area contributed by atoms with Gasteiger partial charge in [-0.25, -0.2) is 9.78 Å². The van der Waals surface area contributed by atoms with E-state index in [9.17, 15) is 4.79 Å². The summed E-state index contributed by atoms with van der Waals surface area (Å²) in [6.45, 7) is 4.19. The zero-order chi connectivity index (χ0) is 16.4. The fourth-order valence-electron chi connectivity index (χ4n) is 4.16. The Kier molecular flexibility index (Phi) is 4.31. The molecule has 130 valence electrons. The number of hydrogen-bond donors (Lipinski definition) is 1. The summed E-state index contributed by atoms with van der Waals surface area (Å²) in [5.74, 6) is 0.907. The van der Waals surface area contributed by atoms with E-state index < -0.39 is 0 Å². The Morgan fingerprint density at radius 2 is 1.92 bits per heavy atom. The van der Waals surface area contributed by atoms with Gasteiger partial charge in [-0.05, 0) is 44.2 Å². The second kappa shape index (κ2) is 6.59. The number of likely N-dealkylation sites (tertiary alicyclic amines) is 2. The number of anilines is 1. The quantitative estimate of drug-likeness (QED) is 0.904. The van der Waals surface area contributed by atoms with E-state index in [4.69, 9.17) is 4.74 Å². The first-order valence-corrected chi connectivity index (χ1v) is 9.10. The molecule has 6 nitrogen and oxygen atoms in total. The molecular weight excluding hydrogens is 304 g/mol. The van der Waals surface area contributed by atoms with Crippen molar-refractivity contribution in [1.29, 1.82) is 0 Å². The maximum Gasteiger partial charge on any atom is 0.320 e. The SMILES string of the molecule is O=C(N1CCCC1)N1CCC2(CC1)CC(Nc1ccccn1)CO2. The van der Waals surface area contributed by atoms with Crippen LogP contribution in [0.2, 0.25) is 0 Å². The minimum Gasteiger partial charge on any atom is -0.373 e. The lowest BCUT2D eigenvalue weighted by Gasteiger charge is -2.39. The van der Waals surface area contributed by atoms with Crippen LogP contribution in [-0.4, -0.2) is 65.2 Å². The topological polar surface area (TPSA) is 57.7 Å². The molecule has 0 radical (unpaired) electrons. The van der Waals surface area contributed by atoms with E-state index in [0.29, 0.717) is 6.04 Å². The second-order valence-corrected chi connectivity index (χ2v) is 7.22. The predicted octanol–water partition coefficient (Wildman–Crippen LogP) is 2.33. The van der Waals surface area contributed by atoms with Crippen LogP contribution in [0, 0.1) is 0 Å². The van der Waals surface area contributed by atoms with Crippen molar-refractivity contribution in [3.63, 3.8) is 0 Å². The van der Waals surface area contributed by atoms with Gasteiger partial charge in [0.2, 0.25) is 0 Å². The summed E-state index contributed by atoms with van der Waals surface area (Å²) in [7, 11) is 0. The van der Waals surface area contributed by atoms with Crippen molar-refractivity contribution in [2.45, 2.75) is 43.7 Å². The molecule has 3 saturated heterocycles. The summed E-state index contributed by atoms with van der Waals surface area (Å²) in [6.07, 6.45) is 6.96. The fourth-order valence-corrected chi connectivity index (χ4v) is 4.16. The molecule has 1 aromatic rings. The molecule has 0 saturated carbocycles. The van der Waals surface area contributed by atoms with Gasteiger partial charge in [-0.1, -0.05) is 6.07 Å². The number of nitrogens with one attached hydrogen (secondary N) is 1. The number of piperidine rings is 1. The smallest absolute Gasteiger partial charge is 0.320 e. The summed E-state index contributed by atoms with van der Waals surface area (Å²) < 4.78 is 6.18. The number of hydrogen-bond acceptors (Lipinski definition) is 4. The summed E-state index contributed by atoms with van der Waals surface area (Å²) in [4.78, 5) is 20.8. The van der Waals surface area contributed by atoms with Gasteiger partial charge < -0.3 is 19.9 Å². The molecule has 4 heterocycles. The highest BCUT2D eigenvalue weighted by Gasteiger charge is 2.44. The van der Waals surface area contributed by atoms with E-state index in [0.717, 1.165) is 70.7 Å². The first-order chi connectivity index (χ1) is 11.7. The lowest BCUT2D eigenvalue weighted by molar-refractivity contribution is -0.0379. The molecule has 1 aromatic heterocycles. The Bertz CT molecular complexity index is 566. The molecule has 1 unspecified atom stereocenters. The van der Waals surface area contributed by atoms with E-state index in [-0.39, 0.29) is 11.6 Å². The van der Waals surface area contributed by atoms with Crippen molar-refractivity contribution in [2.75, 3.05) is 38.1 Å². The predicted molar refractivity (Wildman–Crippen MR) is 92.0 cm³/mol. The molecule has 1 spiro atoms. The van der Waals surface area contributed by atoms with E-state index in [1.807, 2.05) is 28.0 Å². The monoisotopic (exact) mass is 330 g/mol. The summed E-state index contributed by atoms with van der Waals surface area (Å²) in [5.41, 5.74) is -0.0613. The Morgan fingerprint density at radius 3 is 2.62 bits per heavy atom. The van der Waals surface area contributed by atoms with Gasteiger partial charge in [-0.3, -0.25) is 0 Å². The second-order valence-electron chi connectivity index (χ2n) is 7.22. The molecule has 3 aliphatic heterocycles. The Balaban J connectivity index is 1.30. The first-order valence-electron chi connectivity index (χ1n) is 9.10. The number of urea groups is 1. The highest BCUT2D eigenvalue weighted by molar-refractivity contribution is 5.74. The minimum atomic E-state index is -0.0613. The summed E-state index contributed by atoms with van der Waals surface area (Å²) >= 11 is 0. The van der Waals surface area contributed by atoms with Gasteiger partial charge >= 0.3 is 6.03 Å². The van der Waals surface area contributed by atoms with E-state index >= 15 is 0 Å². The Labute approximate surface area is 143 Å². The van der Waals surface area contributed by atoms with E-state index in [1.165, 1.54) is 0 Å². The molecule has 4 rings (SSSR count). The zero-order valence-electron chi connectivity index (χ0n) is 14.1. The fraction of sp³-hybridized carbons (Fsp3) is 0.667. The molecule has 24 heavy (non-hydrogen) atoms. The number of nitrogens with zero attached hydrogens (tertiary/aromatic N) is 3. The van der Waals surface area contributed by atoms with Crippen molar-refractivity contribution >= 4 is 11.8 Å². The van der Waals surface area contributed by atoms with Gasteiger partial charge in [0.15, 0.2) is 0 Å². The van der Waals surface area contributed by atoms with Crippen molar-refractivity contribution in [1.82, 2.24) is 14.8 Å². The maximum absolute atomic E-state index is 12.5. The van der Waals surface area contributed by atoms with Gasteiger partial charge in [0, 0.05) is 32.4 Å². The van der Waals surface area contributed by atoms with Crippen LogP contribution < -0.4 is 5.32 Å². The molecule has 6 heteroatoms. The minimum absolute atomic E-state index is 0.0613. The number of pyridine rings is 1. The lowest BCUT2D eigenvalue weighted by atomic mass is 9.87. The maximum atomic E-state index is 12.5. The third-order valence-corrected chi connectivity index (χ3v) is 5.55. The average molecular weight is 330 g/mol. The largest absolute Gasteiger partial charge is 0.373 e. The molecule has 2 amide bonds. The Hall–Kier alpha value is -1.82. The molecular formula is C18H26N4O2. The summed E-state index contributed by atoms with van der Waals surface area (Å²) in [6, 6.07) is 6.43. The van der Waals surface area contributed by atoms with Gasteiger partial charge in [0.05, 0.1) is 18.2 Å². The van der Waals surface area contributed by atoms with Gasteiger partial charge in [-0.2, -0.15) is 0 Å². The highest BCUT2D eigenvalue weighted by atomic mass is 16.5. The first kappa shape index (κ1) is 15.7.